The zero-order valence-electron chi connectivity index (χ0n) is 12.9. The van der Waals surface area contributed by atoms with Crippen molar-refractivity contribution in [2.24, 2.45) is 0 Å². The monoisotopic (exact) mass is 328 g/mol. The number of ether oxygens (including phenoxy) is 1. The molecule has 1 aliphatic heterocycles. The second kappa shape index (κ2) is 7.57. The second-order valence-corrected chi connectivity index (χ2v) is 6.03. The molecule has 6 atom stereocenters. The van der Waals surface area contributed by atoms with Crippen LogP contribution in [-0.2, 0) is 11.2 Å². The molecule has 2 unspecified atom stereocenters. The van der Waals surface area contributed by atoms with Crippen LogP contribution in [-0.4, -0.2) is 67.8 Å². The van der Waals surface area contributed by atoms with Crippen molar-refractivity contribution in [2.75, 3.05) is 6.61 Å². The summed E-state index contributed by atoms with van der Waals surface area (Å²) in [5.41, 5.74) is 1.08. The summed E-state index contributed by atoms with van der Waals surface area (Å²) in [6.45, 7) is 1.16. The summed E-state index contributed by atoms with van der Waals surface area (Å²) in [6, 6.07) is 4.82. The lowest BCUT2D eigenvalue weighted by atomic mass is 9.90. The van der Waals surface area contributed by atoms with Crippen molar-refractivity contribution in [1.82, 2.24) is 0 Å². The molecule has 1 aliphatic rings. The lowest BCUT2D eigenvalue weighted by molar-refractivity contribution is -0.232. The second-order valence-electron chi connectivity index (χ2n) is 6.03. The molecule has 1 saturated heterocycles. The van der Waals surface area contributed by atoms with Gasteiger partial charge in [0.1, 0.15) is 36.3 Å². The molecule has 23 heavy (non-hydrogen) atoms. The predicted octanol–water partition coefficient (Wildman–Crippen LogP) is -0.780. The first kappa shape index (κ1) is 18.1. The van der Waals surface area contributed by atoms with E-state index in [1.165, 1.54) is 6.07 Å². The summed E-state index contributed by atoms with van der Waals surface area (Å²) in [6.07, 6.45) is -5.73. The van der Waals surface area contributed by atoms with Crippen molar-refractivity contribution < 1.29 is 35.4 Å². The van der Waals surface area contributed by atoms with Crippen LogP contribution in [0, 0.1) is 0 Å². The number of hydrogen-bond acceptors (Lipinski definition) is 7. The number of phenolic OH excluding ortho intramolecular Hbond substituents is 1. The molecule has 1 aromatic rings. The molecule has 1 aromatic carbocycles. The molecule has 0 aliphatic carbocycles. The summed E-state index contributed by atoms with van der Waals surface area (Å²) in [4.78, 5) is 0. The number of aliphatic hydroxyl groups excluding tert-OH is 5. The molecule has 0 spiro atoms. The molecule has 7 nitrogen and oxygen atoms in total. The van der Waals surface area contributed by atoms with Crippen LogP contribution in [0.25, 0.3) is 0 Å². The number of aliphatic hydroxyl groups is 5. The molecule has 0 aromatic heterocycles. The van der Waals surface area contributed by atoms with Crippen molar-refractivity contribution >= 4 is 0 Å². The van der Waals surface area contributed by atoms with Crippen LogP contribution in [0.3, 0.4) is 0 Å². The fourth-order valence-electron chi connectivity index (χ4n) is 2.72. The average Bonchev–Trinajstić information content (AvgIpc) is 2.52. The van der Waals surface area contributed by atoms with Gasteiger partial charge in [-0.05, 0) is 31.4 Å². The Morgan fingerprint density at radius 3 is 2.39 bits per heavy atom. The van der Waals surface area contributed by atoms with Crippen molar-refractivity contribution in [2.45, 2.75) is 56.4 Å². The van der Waals surface area contributed by atoms with Gasteiger partial charge in [-0.1, -0.05) is 12.1 Å². The Labute approximate surface area is 134 Å². The zero-order valence-corrected chi connectivity index (χ0v) is 12.9. The van der Waals surface area contributed by atoms with E-state index in [-0.39, 0.29) is 11.3 Å². The lowest BCUT2D eigenvalue weighted by Gasteiger charge is -2.40. The average molecular weight is 328 g/mol. The maximum absolute atomic E-state index is 10.2. The third kappa shape index (κ3) is 4.00. The van der Waals surface area contributed by atoms with Gasteiger partial charge in [-0.25, -0.2) is 0 Å². The third-order valence-corrected chi connectivity index (χ3v) is 4.14. The highest BCUT2D eigenvalue weighted by Gasteiger charge is 2.44. The smallest absolute Gasteiger partial charge is 0.121 e. The maximum Gasteiger partial charge on any atom is 0.121 e. The predicted molar refractivity (Wildman–Crippen MR) is 80.8 cm³/mol. The Kier molecular flexibility index (Phi) is 5.96. The molecule has 1 heterocycles. The third-order valence-electron chi connectivity index (χ3n) is 4.14. The molecule has 0 radical (unpaired) electrons. The standard InChI is InChI=1S/C16H24O7/c1-8(18)2-3-9-4-5-10(11(19)6-9)16-15(22)14(21)13(20)12(7-17)23-16/h4-6,8,12-22H,2-3,7H2,1H3/t8?,12-,13-,14+,15-,16?/m1/s1. The summed E-state index contributed by atoms with van der Waals surface area (Å²) in [5, 5.41) is 58.4. The first-order valence-electron chi connectivity index (χ1n) is 7.65. The Morgan fingerprint density at radius 1 is 1.13 bits per heavy atom. The van der Waals surface area contributed by atoms with E-state index in [2.05, 4.69) is 0 Å². The van der Waals surface area contributed by atoms with Gasteiger partial charge in [0.05, 0.1) is 12.7 Å². The van der Waals surface area contributed by atoms with E-state index in [4.69, 9.17) is 4.74 Å². The Morgan fingerprint density at radius 2 is 1.83 bits per heavy atom. The minimum absolute atomic E-state index is 0.113. The largest absolute Gasteiger partial charge is 0.508 e. The SMILES string of the molecule is CC(O)CCc1ccc(C2O[C@H](CO)[C@@H](O)[C@H](O)[C@H]2O)c(O)c1. The Hall–Kier alpha value is -1.22. The fraction of sp³-hybridized carbons (Fsp3) is 0.625. The van der Waals surface area contributed by atoms with Gasteiger partial charge >= 0.3 is 0 Å². The molecular weight excluding hydrogens is 304 g/mol. The van der Waals surface area contributed by atoms with Crippen LogP contribution >= 0.6 is 0 Å². The highest BCUT2D eigenvalue weighted by Crippen LogP contribution is 2.37. The first-order valence-corrected chi connectivity index (χ1v) is 7.65. The number of rotatable bonds is 5. The first-order chi connectivity index (χ1) is 10.8. The van der Waals surface area contributed by atoms with E-state index < -0.39 is 43.2 Å². The summed E-state index contributed by atoms with van der Waals surface area (Å²) < 4.78 is 5.43. The summed E-state index contributed by atoms with van der Waals surface area (Å²) in [7, 11) is 0. The van der Waals surface area contributed by atoms with Gasteiger partial charge in [-0.2, -0.15) is 0 Å². The summed E-state index contributed by atoms with van der Waals surface area (Å²) >= 11 is 0. The van der Waals surface area contributed by atoms with Gasteiger partial charge in [0, 0.05) is 5.56 Å². The molecule has 7 heteroatoms. The van der Waals surface area contributed by atoms with E-state index in [1.807, 2.05) is 0 Å². The summed E-state index contributed by atoms with van der Waals surface area (Å²) in [5.74, 6) is -0.113. The van der Waals surface area contributed by atoms with Gasteiger partial charge < -0.3 is 35.4 Å². The van der Waals surface area contributed by atoms with Crippen molar-refractivity contribution in [3.05, 3.63) is 29.3 Å². The van der Waals surface area contributed by atoms with Crippen LogP contribution in [0.5, 0.6) is 5.75 Å². The molecule has 130 valence electrons. The van der Waals surface area contributed by atoms with Crippen LogP contribution in [0.1, 0.15) is 30.6 Å². The Bertz CT molecular complexity index is 517. The lowest BCUT2D eigenvalue weighted by Crippen LogP contribution is -2.55. The number of benzene rings is 1. The number of aryl methyl sites for hydroxylation is 1. The minimum atomic E-state index is -1.49. The van der Waals surface area contributed by atoms with E-state index in [0.29, 0.717) is 12.8 Å². The molecule has 0 bridgehead atoms. The molecule has 6 N–H and O–H groups in total. The molecule has 0 saturated carbocycles. The van der Waals surface area contributed by atoms with Crippen LogP contribution in [0.15, 0.2) is 18.2 Å². The maximum atomic E-state index is 10.2. The zero-order chi connectivity index (χ0) is 17.1. The highest BCUT2D eigenvalue weighted by molar-refractivity contribution is 5.39. The fourth-order valence-corrected chi connectivity index (χ4v) is 2.72. The van der Waals surface area contributed by atoms with Crippen molar-refractivity contribution in [3.8, 4) is 5.75 Å². The number of aromatic hydroxyl groups is 1. The van der Waals surface area contributed by atoms with Gasteiger partial charge in [-0.3, -0.25) is 0 Å². The van der Waals surface area contributed by atoms with E-state index in [1.54, 1.807) is 19.1 Å². The van der Waals surface area contributed by atoms with Crippen LogP contribution in [0.2, 0.25) is 0 Å². The molecule has 1 fully saturated rings. The number of hydrogen-bond donors (Lipinski definition) is 6. The van der Waals surface area contributed by atoms with Gasteiger partial charge in [-0.15, -0.1) is 0 Å². The quantitative estimate of drug-likeness (QED) is 0.418. The van der Waals surface area contributed by atoms with E-state index in [0.717, 1.165) is 5.56 Å². The Balaban J connectivity index is 2.20. The van der Waals surface area contributed by atoms with Crippen LogP contribution < -0.4 is 0 Å². The normalized spacial score (nSPS) is 32.7. The molecule has 2 rings (SSSR count). The van der Waals surface area contributed by atoms with Crippen molar-refractivity contribution in [1.29, 1.82) is 0 Å². The molecule has 0 amide bonds. The molecular formula is C16H24O7. The van der Waals surface area contributed by atoms with E-state index in [9.17, 15) is 30.6 Å². The van der Waals surface area contributed by atoms with Gasteiger partial charge in [0.2, 0.25) is 0 Å². The van der Waals surface area contributed by atoms with Gasteiger partial charge in [0.15, 0.2) is 0 Å². The highest BCUT2D eigenvalue weighted by atomic mass is 16.5. The number of phenols is 1. The van der Waals surface area contributed by atoms with E-state index >= 15 is 0 Å². The van der Waals surface area contributed by atoms with Crippen molar-refractivity contribution in [3.63, 3.8) is 0 Å². The van der Waals surface area contributed by atoms with Crippen LogP contribution in [0.4, 0.5) is 0 Å². The topological polar surface area (TPSA) is 131 Å². The minimum Gasteiger partial charge on any atom is -0.508 e. The van der Waals surface area contributed by atoms with Gasteiger partial charge in [0.25, 0.3) is 0 Å².